The molecule has 0 bridgehead atoms. The summed E-state index contributed by atoms with van der Waals surface area (Å²) in [7, 11) is 1.86. The van der Waals surface area contributed by atoms with E-state index >= 15 is 0 Å². The quantitative estimate of drug-likeness (QED) is 0.942. The summed E-state index contributed by atoms with van der Waals surface area (Å²) < 4.78 is 1.76. The Hall–Kier alpha value is -1.69. The molecular formula is C15H19N3O2S. The first kappa shape index (κ1) is 14.3. The van der Waals surface area contributed by atoms with E-state index in [1.54, 1.807) is 16.0 Å². The highest BCUT2D eigenvalue weighted by atomic mass is 32.1. The molecule has 0 spiro atoms. The molecule has 3 rings (SSSR count). The molecule has 21 heavy (non-hydrogen) atoms. The summed E-state index contributed by atoms with van der Waals surface area (Å²) in [5.74, 6) is 0.899. The molecular weight excluding hydrogens is 286 g/mol. The number of carboxylic acid groups (broad SMARTS) is 1. The topological polar surface area (TPSA) is 68.0 Å². The molecule has 5 nitrogen and oxygen atoms in total. The van der Waals surface area contributed by atoms with Crippen molar-refractivity contribution in [2.24, 2.45) is 18.9 Å². The lowest BCUT2D eigenvalue weighted by atomic mass is 9.95. The summed E-state index contributed by atoms with van der Waals surface area (Å²) >= 11 is 1.60. The van der Waals surface area contributed by atoms with E-state index in [1.807, 2.05) is 24.6 Å². The van der Waals surface area contributed by atoms with Gasteiger partial charge in [0.25, 0.3) is 0 Å². The molecule has 0 aliphatic heterocycles. The molecule has 1 fully saturated rings. The molecule has 3 unspecified atom stereocenters. The minimum Gasteiger partial charge on any atom is -0.481 e. The molecule has 2 aromatic heterocycles. The van der Waals surface area contributed by atoms with Crippen molar-refractivity contribution in [2.75, 3.05) is 0 Å². The van der Waals surface area contributed by atoms with Crippen molar-refractivity contribution in [3.8, 4) is 10.7 Å². The van der Waals surface area contributed by atoms with Crippen molar-refractivity contribution >= 4 is 17.3 Å². The predicted octanol–water partition coefficient (Wildman–Crippen LogP) is 3.15. The summed E-state index contributed by atoms with van der Waals surface area (Å²) in [5, 5.41) is 15.9. The Kier molecular flexibility index (Phi) is 3.80. The Balaban J connectivity index is 1.94. The Labute approximate surface area is 127 Å². The van der Waals surface area contributed by atoms with Gasteiger partial charge in [0, 0.05) is 13.0 Å². The van der Waals surface area contributed by atoms with Gasteiger partial charge in [0.05, 0.1) is 10.8 Å². The first-order valence-corrected chi connectivity index (χ1v) is 8.15. The van der Waals surface area contributed by atoms with Gasteiger partial charge in [-0.1, -0.05) is 19.4 Å². The van der Waals surface area contributed by atoms with Gasteiger partial charge in [-0.3, -0.25) is 9.48 Å². The largest absolute Gasteiger partial charge is 0.481 e. The molecule has 1 N–H and O–H groups in total. The second-order valence-corrected chi connectivity index (χ2v) is 6.64. The van der Waals surface area contributed by atoms with Gasteiger partial charge in [-0.05, 0) is 30.2 Å². The van der Waals surface area contributed by atoms with Crippen LogP contribution in [0.3, 0.4) is 0 Å². The highest BCUT2D eigenvalue weighted by molar-refractivity contribution is 7.13. The van der Waals surface area contributed by atoms with Crippen molar-refractivity contribution in [3.05, 3.63) is 23.3 Å². The van der Waals surface area contributed by atoms with E-state index in [0.717, 1.165) is 30.0 Å². The van der Waals surface area contributed by atoms with Crippen molar-refractivity contribution < 1.29 is 9.90 Å². The second-order valence-electron chi connectivity index (χ2n) is 5.69. The van der Waals surface area contributed by atoms with Gasteiger partial charge in [0.1, 0.15) is 5.82 Å². The Bertz CT molecular complexity index is 635. The third-order valence-electron chi connectivity index (χ3n) is 4.42. The zero-order chi connectivity index (χ0) is 15.0. The molecule has 6 heteroatoms. The lowest BCUT2D eigenvalue weighted by Gasteiger charge is -2.14. The number of hydrogen-bond donors (Lipinski definition) is 1. The van der Waals surface area contributed by atoms with E-state index in [2.05, 4.69) is 17.0 Å². The molecule has 0 aromatic carbocycles. The number of hydrogen-bond acceptors (Lipinski definition) is 4. The summed E-state index contributed by atoms with van der Waals surface area (Å²) in [5.41, 5.74) is 0. The van der Waals surface area contributed by atoms with E-state index in [9.17, 15) is 9.90 Å². The van der Waals surface area contributed by atoms with E-state index in [0.29, 0.717) is 11.7 Å². The van der Waals surface area contributed by atoms with Crippen LogP contribution in [0.1, 0.15) is 37.9 Å². The van der Waals surface area contributed by atoms with Crippen LogP contribution < -0.4 is 0 Å². The van der Waals surface area contributed by atoms with Gasteiger partial charge in [-0.2, -0.15) is 5.10 Å². The first-order valence-electron chi connectivity index (χ1n) is 7.27. The SMILES string of the molecule is CCC1CC(C(=O)O)C(c2nc(-c3cccs3)nn2C)C1. The van der Waals surface area contributed by atoms with Crippen LogP contribution in [0.15, 0.2) is 17.5 Å². The third-order valence-corrected chi connectivity index (χ3v) is 5.29. The lowest BCUT2D eigenvalue weighted by Crippen LogP contribution is -2.19. The highest BCUT2D eigenvalue weighted by Gasteiger charge is 2.41. The Morgan fingerprint density at radius 2 is 2.33 bits per heavy atom. The summed E-state index contributed by atoms with van der Waals surface area (Å²) in [6.45, 7) is 2.12. The second kappa shape index (κ2) is 5.60. The fourth-order valence-corrected chi connectivity index (χ4v) is 3.92. The van der Waals surface area contributed by atoms with Crippen LogP contribution in [0.5, 0.6) is 0 Å². The first-order chi connectivity index (χ1) is 10.1. The third kappa shape index (κ3) is 2.60. The van der Waals surface area contributed by atoms with Crippen LogP contribution in [0.25, 0.3) is 10.7 Å². The molecule has 0 amide bonds. The Morgan fingerprint density at radius 1 is 1.52 bits per heavy atom. The zero-order valence-corrected chi connectivity index (χ0v) is 13.0. The molecule has 3 atom stereocenters. The van der Waals surface area contributed by atoms with Crippen LogP contribution >= 0.6 is 11.3 Å². The number of carbonyl (C=O) groups is 1. The molecule has 1 saturated carbocycles. The maximum atomic E-state index is 11.5. The molecule has 1 aliphatic carbocycles. The number of nitrogens with zero attached hydrogens (tertiary/aromatic N) is 3. The molecule has 1 aliphatic rings. The number of rotatable bonds is 4. The van der Waals surface area contributed by atoms with Crippen LogP contribution in [-0.4, -0.2) is 25.8 Å². The van der Waals surface area contributed by atoms with Crippen molar-refractivity contribution in [1.82, 2.24) is 14.8 Å². The maximum absolute atomic E-state index is 11.5. The number of thiophene rings is 1. The monoisotopic (exact) mass is 305 g/mol. The molecule has 0 saturated heterocycles. The van der Waals surface area contributed by atoms with Crippen LogP contribution in [0.2, 0.25) is 0 Å². The van der Waals surface area contributed by atoms with Crippen molar-refractivity contribution in [2.45, 2.75) is 32.1 Å². The molecule has 2 aromatic rings. The Morgan fingerprint density at radius 3 is 2.95 bits per heavy atom. The van der Waals surface area contributed by atoms with Crippen LogP contribution in [0, 0.1) is 11.8 Å². The van der Waals surface area contributed by atoms with Gasteiger partial charge in [-0.25, -0.2) is 4.98 Å². The average molecular weight is 305 g/mol. The smallest absolute Gasteiger partial charge is 0.307 e. The van der Waals surface area contributed by atoms with Crippen molar-refractivity contribution in [3.63, 3.8) is 0 Å². The minimum absolute atomic E-state index is 0.0290. The van der Waals surface area contributed by atoms with Gasteiger partial charge in [-0.15, -0.1) is 11.3 Å². The number of aryl methyl sites for hydroxylation is 1. The standard InChI is InChI=1S/C15H19N3O2S/c1-3-9-7-10(11(8-9)15(19)20)14-16-13(17-18(14)2)12-5-4-6-21-12/h4-6,9-11H,3,7-8H2,1-2H3,(H,19,20). The van der Waals surface area contributed by atoms with Gasteiger partial charge in [0.2, 0.25) is 0 Å². The summed E-state index contributed by atoms with van der Waals surface area (Å²) in [6.07, 6.45) is 2.66. The molecule has 2 heterocycles. The number of aromatic nitrogens is 3. The van der Waals surface area contributed by atoms with E-state index in [1.165, 1.54) is 0 Å². The lowest BCUT2D eigenvalue weighted by molar-refractivity contribution is -0.142. The normalized spacial score (nSPS) is 25.3. The summed E-state index contributed by atoms with van der Waals surface area (Å²) in [6, 6.07) is 3.96. The highest BCUT2D eigenvalue weighted by Crippen LogP contribution is 2.44. The van der Waals surface area contributed by atoms with Gasteiger partial charge >= 0.3 is 5.97 Å². The van der Waals surface area contributed by atoms with Crippen molar-refractivity contribution in [1.29, 1.82) is 0 Å². The van der Waals surface area contributed by atoms with Gasteiger partial charge < -0.3 is 5.11 Å². The van der Waals surface area contributed by atoms with E-state index in [4.69, 9.17) is 0 Å². The summed E-state index contributed by atoms with van der Waals surface area (Å²) in [4.78, 5) is 17.2. The van der Waals surface area contributed by atoms with Gasteiger partial charge in [0.15, 0.2) is 5.82 Å². The molecule has 112 valence electrons. The predicted molar refractivity (Wildman–Crippen MR) is 81.2 cm³/mol. The van der Waals surface area contributed by atoms with Crippen LogP contribution in [0.4, 0.5) is 0 Å². The van der Waals surface area contributed by atoms with E-state index < -0.39 is 5.97 Å². The average Bonchev–Trinajstić information content (AvgIpc) is 3.16. The fourth-order valence-electron chi connectivity index (χ4n) is 3.26. The van der Waals surface area contributed by atoms with Crippen LogP contribution in [-0.2, 0) is 11.8 Å². The minimum atomic E-state index is -0.711. The zero-order valence-electron chi connectivity index (χ0n) is 12.2. The fraction of sp³-hybridized carbons (Fsp3) is 0.533. The number of aliphatic carboxylic acids is 1. The van der Waals surface area contributed by atoms with E-state index in [-0.39, 0.29) is 11.8 Å². The maximum Gasteiger partial charge on any atom is 0.307 e. The number of carboxylic acids is 1. The molecule has 0 radical (unpaired) electrons.